The first-order chi connectivity index (χ1) is 9.76. The van der Waals surface area contributed by atoms with Gasteiger partial charge in [0.05, 0.1) is 25.3 Å². The summed E-state index contributed by atoms with van der Waals surface area (Å²) < 4.78 is 5.44. The van der Waals surface area contributed by atoms with Gasteiger partial charge in [-0.2, -0.15) is 5.26 Å². The van der Waals surface area contributed by atoms with Gasteiger partial charge in [0.15, 0.2) is 0 Å². The molecule has 1 aliphatic heterocycles. The Bertz CT molecular complexity index is 372. The van der Waals surface area contributed by atoms with Crippen LogP contribution in [-0.2, 0) is 4.74 Å². The molecule has 0 aromatic carbocycles. The lowest BCUT2D eigenvalue weighted by molar-refractivity contribution is -0.0710. The molecule has 0 amide bonds. The third-order valence-electron chi connectivity index (χ3n) is 6.43. The van der Waals surface area contributed by atoms with Crippen LogP contribution in [0.1, 0.15) is 44.9 Å². The maximum Gasteiger partial charge on any atom is 0.0984 e. The van der Waals surface area contributed by atoms with Crippen molar-refractivity contribution in [1.82, 2.24) is 4.90 Å². The minimum atomic E-state index is 0.134. The smallest absolute Gasteiger partial charge is 0.0984 e. The lowest BCUT2D eigenvalue weighted by atomic mass is 9.48. The first-order valence-corrected chi connectivity index (χ1v) is 8.48. The molecule has 4 aliphatic carbocycles. The SMILES string of the molecule is N#CC(CC12CC3CC(CC(C3)C1)C2)N1CCOCC1. The highest BCUT2D eigenvalue weighted by molar-refractivity contribution is 5.06. The van der Waals surface area contributed by atoms with Crippen molar-refractivity contribution in [2.75, 3.05) is 26.3 Å². The molecule has 5 aliphatic rings. The fourth-order valence-corrected chi connectivity index (χ4v) is 6.10. The number of hydrogen-bond donors (Lipinski definition) is 0. The van der Waals surface area contributed by atoms with Gasteiger partial charge in [0, 0.05) is 13.1 Å². The van der Waals surface area contributed by atoms with E-state index in [0.717, 1.165) is 50.5 Å². The molecule has 20 heavy (non-hydrogen) atoms. The molecule has 5 rings (SSSR count). The van der Waals surface area contributed by atoms with E-state index in [1.165, 1.54) is 38.5 Å². The van der Waals surface area contributed by atoms with E-state index in [0.29, 0.717) is 5.41 Å². The van der Waals surface area contributed by atoms with E-state index in [1.807, 2.05) is 0 Å². The van der Waals surface area contributed by atoms with Gasteiger partial charge in [-0.3, -0.25) is 4.90 Å². The largest absolute Gasteiger partial charge is 0.379 e. The van der Waals surface area contributed by atoms with Crippen LogP contribution in [0.5, 0.6) is 0 Å². The monoisotopic (exact) mass is 274 g/mol. The summed E-state index contributed by atoms with van der Waals surface area (Å²) in [7, 11) is 0. The number of morpholine rings is 1. The van der Waals surface area contributed by atoms with Gasteiger partial charge in [-0.05, 0) is 68.1 Å². The summed E-state index contributed by atoms with van der Waals surface area (Å²) in [4.78, 5) is 2.38. The average molecular weight is 274 g/mol. The van der Waals surface area contributed by atoms with Crippen LogP contribution in [0.15, 0.2) is 0 Å². The molecule has 110 valence electrons. The van der Waals surface area contributed by atoms with Crippen molar-refractivity contribution < 1.29 is 4.74 Å². The Kier molecular flexibility index (Phi) is 3.27. The van der Waals surface area contributed by atoms with Crippen molar-refractivity contribution in [2.24, 2.45) is 23.2 Å². The molecule has 0 spiro atoms. The van der Waals surface area contributed by atoms with Crippen LogP contribution in [0, 0.1) is 34.5 Å². The Balaban J connectivity index is 1.48. The molecule has 1 atom stereocenters. The van der Waals surface area contributed by atoms with Gasteiger partial charge in [-0.1, -0.05) is 0 Å². The van der Waals surface area contributed by atoms with Gasteiger partial charge in [0.2, 0.25) is 0 Å². The normalized spacial score (nSPS) is 45.2. The van der Waals surface area contributed by atoms with Crippen LogP contribution in [0.4, 0.5) is 0 Å². The van der Waals surface area contributed by atoms with Crippen molar-refractivity contribution in [3.8, 4) is 6.07 Å². The van der Waals surface area contributed by atoms with Gasteiger partial charge in [-0.25, -0.2) is 0 Å². The minimum Gasteiger partial charge on any atom is -0.379 e. The number of nitriles is 1. The van der Waals surface area contributed by atoms with Crippen LogP contribution in [0.3, 0.4) is 0 Å². The molecule has 0 aromatic heterocycles. The highest BCUT2D eigenvalue weighted by atomic mass is 16.5. The van der Waals surface area contributed by atoms with E-state index in [-0.39, 0.29) is 6.04 Å². The van der Waals surface area contributed by atoms with Crippen molar-refractivity contribution in [3.63, 3.8) is 0 Å². The van der Waals surface area contributed by atoms with Crippen LogP contribution < -0.4 is 0 Å². The number of ether oxygens (including phenoxy) is 1. The third-order valence-corrected chi connectivity index (χ3v) is 6.43. The Morgan fingerprint density at radius 1 is 1.05 bits per heavy atom. The fourth-order valence-electron chi connectivity index (χ4n) is 6.10. The van der Waals surface area contributed by atoms with Crippen LogP contribution >= 0.6 is 0 Å². The van der Waals surface area contributed by atoms with Crippen LogP contribution in [0.2, 0.25) is 0 Å². The summed E-state index contributed by atoms with van der Waals surface area (Å²) in [6.07, 6.45) is 9.87. The first-order valence-electron chi connectivity index (χ1n) is 8.48. The number of hydrogen-bond acceptors (Lipinski definition) is 3. The second-order valence-electron chi connectivity index (χ2n) is 7.91. The maximum absolute atomic E-state index is 9.65. The number of rotatable bonds is 3. The summed E-state index contributed by atoms with van der Waals surface area (Å²) >= 11 is 0. The lowest BCUT2D eigenvalue weighted by Gasteiger charge is -2.57. The van der Waals surface area contributed by atoms with E-state index in [4.69, 9.17) is 4.74 Å². The van der Waals surface area contributed by atoms with E-state index in [1.54, 1.807) is 0 Å². The summed E-state index contributed by atoms with van der Waals surface area (Å²) in [6, 6.07) is 2.75. The molecule has 4 saturated carbocycles. The summed E-state index contributed by atoms with van der Waals surface area (Å²) in [5.41, 5.74) is 0.521. The Hall–Kier alpha value is -0.590. The van der Waals surface area contributed by atoms with Gasteiger partial charge < -0.3 is 4.74 Å². The molecule has 1 unspecified atom stereocenters. The zero-order valence-corrected chi connectivity index (χ0v) is 12.4. The highest BCUT2D eigenvalue weighted by Gasteiger charge is 2.51. The van der Waals surface area contributed by atoms with Gasteiger partial charge in [0.1, 0.15) is 0 Å². The molecule has 3 nitrogen and oxygen atoms in total. The first kappa shape index (κ1) is 13.1. The van der Waals surface area contributed by atoms with E-state index in [9.17, 15) is 5.26 Å². The second-order valence-corrected chi connectivity index (χ2v) is 7.91. The van der Waals surface area contributed by atoms with E-state index < -0.39 is 0 Å². The predicted molar refractivity (Wildman–Crippen MR) is 77.0 cm³/mol. The second kappa shape index (κ2) is 5.00. The van der Waals surface area contributed by atoms with Gasteiger partial charge in [0.25, 0.3) is 0 Å². The van der Waals surface area contributed by atoms with Gasteiger partial charge >= 0.3 is 0 Å². The van der Waals surface area contributed by atoms with E-state index >= 15 is 0 Å². The topological polar surface area (TPSA) is 36.3 Å². The number of nitrogens with zero attached hydrogens (tertiary/aromatic N) is 2. The maximum atomic E-state index is 9.65. The summed E-state index contributed by atoms with van der Waals surface area (Å²) in [5.74, 6) is 2.97. The predicted octanol–water partition coefficient (Wildman–Crippen LogP) is 2.82. The molecule has 1 heterocycles. The molecule has 0 N–H and O–H groups in total. The Morgan fingerprint density at radius 2 is 1.60 bits per heavy atom. The van der Waals surface area contributed by atoms with Crippen molar-refractivity contribution >= 4 is 0 Å². The molecule has 3 heteroatoms. The lowest BCUT2D eigenvalue weighted by Crippen LogP contribution is -2.50. The van der Waals surface area contributed by atoms with E-state index in [2.05, 4.69) is 11.0 Å². The zero-order valence-electron chi connectivity index (χ0n) is 12.4. The van der Waals surface area contributed by atoms with Crippen molar-refractivity contribution in [3.05, 3.63) is 0 Å². The van der Waals surface area contributed by atoms with Crippen LogP contribution in [0.25, 0.3) is 0 Å². The molecule has 5 fully saturated rings. The fraction of sp³-hybridized carbons (Fsp3) is 0.941. The third kappa shape index (κ3) is 2.27. The quantitative estimate of drug-likeness (QED) is 0.794. The van der Waals surface area contributed by atoms with Crippen molar-refractivity contribution in [2.45, 2.75) is 51.0 Å². The van der Waals surface area contributed by atoms with Crippen molar-refractivity contribution in [1.29, 1.82) is 5.26 Å². The highest BCUT2D eigenvalue weighted by Crippen LogP contribution is 2.61. The molecular formula is C17H26N2O. The minimum absolute atomic E-state index is 0.134. The molecule has 0 aromatic rings. The summed E-state index contributed by atoms with van der Waals surface area (Å²) in [6.45, 7) is 3.51. The zero-order chi connectivity index (χ0) is 13.6. The molecular weight excluding hydrogens is 248 g/mol. The summed E-state index contributed by atoms with van der Waals surface area (Å²) in [5, 5.41) is 9.65. The molecule has 4 bridgehead atoms. The average Bonchev–Trinajstić information content (AvgIpc) is 2.44. The molecule has 0 radical (unpaired) electrons. The molecule has 1 saturated heterocycles. The standard InChI is InChI=1S/C17H26N2O/c18-12-16(19-1-3-20-4-2-19)11-17-8-13-5-14(9-17)7-15(6-13)10-17/h13-16H,1-11H2. The van der Waals surface area contributed by atoms with Crippen LogP contribution in [-0.4, -0.2) is 37.2 Å². The Labute approximate surface area is 122 Å². The van der Waals surface area contributed by atoms with Gasteiger partial charge in [-0.15, -0.1) is 0 Å². The Morgan fingerprint density at radius 3 is 2.10 bits per heavy atom.